The van der Waals surface area contributed by atoms with E-state index in [0.29, 0.717) is 42.0 Å². The highest BCUT2D eigenvalue weighted by molar-refractivity contribution is 6.17. The van der Waals surface area contributed by atoms with Gasteiger partial charge in [0.1, 0.15) is 29.0 Å². The first kappa shape index (κ1) is 26.6. The van der Waals surface area contributed by atoms with Crippen molar-refractivity contribution in [2.45, 2.75) is 44.6 Å². The van der Waals surface area contributed by atoms with Crippen LogP contribution >= 0.6 is 0 Å². The Morgan fingerprint density at radius 1 is 0.929 bits per heavy atom. The van der Waals surface area contributed by atoms with Crippen LogP contribution in [0.25, 0.3) is 22.2 Å². The van der Waals surface area contributed by atoms with Crippen molar-refractivity contribution < 1.29 is 14.0 Å². The molecule has 0 atom stereocenters. The summed E-state index contributed by atoms with van der Waals surface area (Å²) in [5, 5.41) is 6.48. The molecule has 216 valence electrons. The van der Waals surface area contributed by atoms with E-state index in [2.05, 4.69) is 36.3 Å². The van der Waals surface area contributed by atoms with Crippen LogP contribution in [0.5, 0.6) is 0 Å². The normalized spacial score (nSPS) is 21.2. The van der Waals surface area contributed by atoms with Crippen molar-refractivity contribution in [3.05, 3.63) is 66.9 Å². The van der Waals surface area contributed by atoms with Gasteiger partial charge in [0.15, 0.2) is 0 Å². The minimum Gasteiger partial charge on any atom is -0.383 e. The standard InChI is InChI=1S/C32H34FN7O2/c33-22-5-9-24(10-6-22)38-31(42)32(11-12-32)30(41)37-23-7-3-21(4-8-23)26-18-40(29-27(26)28(34)35-19-36-29)25-15-20(16-25)17-39-13-1-2-14-39/h3-10,18-20,25H,1-2,11-17H2,(H,37,41)(H,38,42)(H2,34,35,36). The first-order valence-electron chi connectivity index (χ1n) is 14.7. The van der Waals surface area contributed by atoms with E-state index in [0.717, 1.165) is 35.0 Å². The molecule has 7 rings (SSSR count). The minimum absolute atomic E-state index is 0.349. The molecule has 4 aromatic rings. The second-order valence-electron chi connectivity index (χ2n) is 12.0. The SMILES string of the molecule is Nc1ncnc2c1c(-c1ccc(NC(=O)C3(C(=O)Nc4ccc(F)cc4)CC3)cc1)cn2C1CC(CN2CCCC2)C1. The molecule has 0 unspecified atom stereocenters. The van der Waals surface area contributed by atoms with Crippen molar-refractivity contribution in [1.29, 1.82) is 0 Å². The lowest BCUT2D eigenvalue weighted by Crippen LogP contribution is -2.35. The van der Waals surface area contributed by atoms with E-state index in [1.54, 1.807) is 0 Å². The van der Waals surface area contributed by atoms with Crippen LogP contribution in [0.4, 0.5) is 21.6 Å². The number of nitrogens with one attached hydrogen (secondary N) is 2. The summed E-state index contributed by atoms with van der Waals surface area (Å²) >= 11 is 0. The zero-order valence-corrected chi connectivity index (χ0v) is 23.4. The van der Waals surface area contributed by atoms with E-state index in [-0.39, 0.29) is 17.6 Å². The molecule has 3 fully saturated rings. The third kappa shape index (κ3) is 4.89. The number of anilines is 3. The Balaban J connectivity index is 1.06. The second kappa shape index (κ2) is 10.5. The summed E-state index contributed by atoms with van der Waals surface area (Å²) in [4.78, 5) is 37.5. The van der Waals surface area contributed by atoms with Gasteiger partial charge in [-0.3, -0.25) is 9.59 Å². The maximum Gasteiger partial charge on any atom is 0.240 e. The Morgan fingerprint density at radius 2 is 1.55 bits per heavy atom. The molecule has 0 spiro atoms. The molecule has 0 bridgehead atoms. The number of hydrogen-bond donors (Lipinski definition) is 3. The van der Waals surface area contributed by atoms with Crippen molar-refractivity contribution in [1.82, 2.24) is 19.4 Å². The zero-order valence-electron chi connectivity index (χ0n) is 23.4. The molecule has 2 aromatic carbocycles. The van der Waals surface area contributed by atoms with E-state index in [9.17, 15) is 14.0 Å². The lowest BCUT2D eigenvalue weighted by atomic mass is 9.79. The summed E-state index contributed by atoms with van der Waals surface area (Å²) in [5.74, 6) is 0.0352. The minimum atomic E-state index is -1.12. The molecule has 2 saturated carbocycles. The number of amides is 2. The largest absolute Gasteiger partial charge is 0.383 e. The number of nitrogen functional groups attached to an aromatic ring is 1. The second-order valence-corrected chi connectivity index (χ2v) is 12.0. The molecule has 0 radical (unpaired) electrons. The molecular formula is C32H34FN7O2. The van der Waals surface area contributed by atoms with E-state index in [1.165, 1.54) is 63.1 Å². The van der Waals surface area contributed by atoms with Gasteiger partial charge in [-0.05, 0) is 99.5 Å². The first-order chi connectivity index (χ1) is 20.4. The fourth-order valence-corrected chi connectivity index (χ4v) is 6.46. The van der Waals surface area contributed by atoms with Gasteiger partial charge >= 0.3 is 0 Å². The van der Waals surface area contributed by atoms with Gasteiger partial charge < -0.3 is 25.8 Å². The fourth-order valence-electron chi connectivity index (χ4n) is 6.46. The summed E-state index contributed by atoms with van der Waals surface area (Å²) in [7, 11) is 0. The van der Waals surface area contributed by atoms with Crippen LogP contribution in [0.15, 0.2) is 61.1 Å². The number of carbonyl (C=O) groups is 2. The Labute approximate surface area is 243 Å². The lowest BCUT2D eigenvalue weighted by Gasteiger charge is -2.38. The van der Waals surface area contributed by atoms with Gasteiger partial charge in [0.05, 0.1) is 5.39 Å². The monoisotopic (exact) mass is 567 g/mol. The number of halogens is 1. The van der Waals surface area contributed by atoms with Gasteiger partial charge in [-0.1, -0.05) is 12.1 Å². The Bertz CT molecular complexity index is 1630. The molecule has 1 aliphatic heterocycles. The number of fused-ring (bicyclic) bond motifs is 1. The Kier molecular flexibility index (Phi) is 6.65. The van der Waals surface area contributed by atoms with E-state index in [4.69, 9.17) is 5.73 Å². The number of nitrogens with two attached hydrogens (primary N) is 1. The van der Waals surface area contributed by atoms with Crippen LogP contribution < -0.4 is 16.4 Å². The Morgan fingerprint density at radius 3 is 2.17 bits per heavy atom. The van der Waals surface area contributed by atoms with Gasteiger partial charge in [0, 0.05) is 35.7 Å². The quantitative estimate of drug-likeness (QED) is 0.251. The molecule has 10 heteroatoms. The summed E-state index contributed by atoms with van der Waals surface area (Å²) in [6.45, 7) is 3.63. The summed E-state index contributed by atoms with van der Waals surface area (Å²) in [6.07, 6.45) is 9.47. The summed E-state index contributed by atoms with van der Waals surface area (Å²) in [5.41, 5.74) is 9.05. The van der Waals surface area contributed by atoms with Gasteiger partial charge in [0.2, 0.25) is 11.8 Å². The van der Waals surface area contributed by atoms with Gasteiger partial charge in [-0.25, -0.2) is 14.4 Å². The predicted octanol–water partition coefficient (Wildman–Crippen LogP) is 5.22. The van der Waals surface area contributed by atoms with Crippen molar-refractivity contribution in [3.63, 3.8) is 0 Å². The number of rotatable bonds is 8. The number of hydrogen-bond acceptors (Lipinski definition) is 6. The number of aromatic nitrogens is 3. The number of likely N-dealkylation sites (tertiary alicyclic amines) is 1. The molecular weight excluding hydrogens is 533 g/mol. The highest BCUT2D eigenvalue weighted by atomic mass is 19.1. The average molecular weight is 568 g/mol. The van der Waals surface area contributed by atoms with Crippen LogP contribution in [-0.4, -0.2) is 50.9 Å². The number of carbonyl (C=O) groups excluding carboxylic acids is 2. The van der Waals surface area contributed by atoms with Crippen molar-refractivity contribution >= 4 is 40.0 Å². The Hall–Kier alpha value is -4.31. The number of benzene rings is 2. The van der Waals surface area contributed by atoms with Crippen LogP contribution in [0.3, 0.4) is 0 Å². The van der Waals surface area contributed by atoms with Crippen molar-refractivity contribution in [2.75, 3.05) is 36.0 Å². The van der Waals surface area contributed by atoms with E-state index < -0.39 is 5.41 Å². The fraction of sp³-hybridized carbons (Fsp3) is 0.375. The maximum absolute atomic E-state index is 13.2. The molecule has 2 amide bonds. The zero-order chi connectivity index (χ0) is 28.8. The van der Waals surface area contributed by atoms with Crippen LogP contribution in [0.2, 0.25) is 0 Å². The molecule has 3 aliphatic rings. The lowest BCUT2D eigenvalue weighted by molar-refractivity contribution is -0.131. The highest BCUT2D eigenvalue weighted by Gasteiger charge is 2.56. The molecule has 3 heterocycles. The smallest absolute Gasteiger partial charge is 0.240 e. The maximum atomic E-state index is 13.2. The topological polar surface area (TPSA) is 118 Å². The van der Waals surface area contributed by atoms with E-state index in [1.807, 2.05) is 24.3 Å². The molecule has 9 nitrogen and oxygen atoms in total. The molecule has 1 saturated heterocycles. The molecule has 2 aliphatic carbocycles. The molecule has 4 N–H and O–H groups in total. The highest BCUT2D eigenvalue weighted by Crippen LogP contribution is 2.48. The van der Waals surface area contributed by atoms with Gasteiger partial charge in [0.25, 0.3) is 0 Å². The predicted molar refractivity (Wildman–Crippen MR) is 160 cm³/mol. The summed E-state index contributed by atoms with van der Waals surface area (Å²) in [6, 6.07) is 13.4. The number of nitrogens with zero attached hydrogens (tertiary/aromatic N) is 4. The van der Waals surface area contributed by atoms with Crippen LogP contribution in [0, 0.1) is 17.2 Å². The molecule has 2 aromatic heterocycles. The first-order valence-corrected chi connectivity index (χ1v) is 14.7. The molecule has 42 heavy (non-hydrogen) atoms. The average Bonchev–Trinajstić information content (AvgIpc) is 3.46. The van der Waals surface area contributed by atoms with E-state index >= 15 is 0 Å². The third-order valence-corrected chi connectivity index (χ3v) is 9.13. The van der Waals surface area contributed by atoms with Crippen LogP contribution in [-0.2, 0) is 9.59 Å². The van der Waals surface area contributed by atoms with Crippen LogP contribution in [0.1, 0.15) is 44.6 Å². The van der Waals surface area contributed by atoms with Crippen molar-refractivity contribution in [2.24, 2.45) is 11.3 Å². The van der Waals surface area contributed by atoms with Crippen molar-refractivity contribution in [3.8, 4) is 11.1 Å². The van der Waals surface area contributed by atoms with Gasteiger partial charge in [-0.15, -0.1) is 0 Å². The summed E-state index contributed by atoms with van der Waals surface area (Å²) < 4.78 is 15.5. The van der Waals surface area contributed by atoms with Gasteiger partial charge in [-0.2, -0.15) is 0 Å². The third-order valence-electron chi connectivity index (χ3n) is 9.13.